The Morgan fingerprint density at radius 2 is 2.38 bits per heavy atom. The SMILES string of the molecule is CCC(NS(=O)(=O)N1CCCC(C(=O)O)C1)c1cccs1. The van der Waals surface area contributed by atoms with Gasteiger partial charge in [-0.05, 0) is 30.7 Å². The van der Waals surface area contributed by atoms with Crippen molar-refractivity contribution in [2.75, 3.05) is 13.1 Å². The van der Waals surface area contributed by atoms with Gasteiger partial charge in [0.05, 0.1) is 12.0 Å². The van der Waals surface area contributed by atoms with E-state index < -0.39 is 22.1 Å². The van der Waals surface area contributed by atoms with Gasteiger partial charge in [0.25, 0.3) is 10.2 Å². The second-order valence-corrected chi connectivity index (χ2v) is 7.82. The summed E-state index contributed by atoms with van der Waals surface area (Å²) in [6.45, 7) is 2.34. The molecule has 8 heteroatoms. The van der Waals surface area contributed by atoms with Gasteiger partial charge in [0, 0.05) is 18.0 Å². The van der Waals surface area contributed by atoms with Crippen molar-refractivity contribution in [3.8, 4) is 0 Å². The highest BCUT2D eigenvalue weighted by molar-refractivity contribution is 7.87. The van der Waals surface area contributed by atoms with E-state index in [0.717, 1.165) is 4.88 Å². The van der Waals surface area contributed by atoms with Gasteiger partial charge in [-0.3, -0.25) is 4.79 Å². The number of nitrogens with one attached hydrogen (secondary N) is 1. The Balaban J connectivity index is 2.08. The van der Waals surface area contributed by atoms with Crippen LogP contribution in [0.4, 0.5) is 0 Å². The van der Waals surface area contributed by atoms with Crippen molar-refractivity contribution in [1.29, 1.82) is 0 Å². The second kappa shape index (κ2) is 6.87. The van der Waals surface area contributed by atoms with Crippen molar-refractivity contribution < 1.29 is 18.3 Å². The first kappa shape index (κ1) is 16.4. The van der Waals surface area contributed by atoms with Crippen LogP contribution in [0.2, 0.25) is 0 Å². The number of rotatable bonds is 6. The lowest BCUT2D eigenvalue weighted by Gasteiger charge is -2.31. The number of hydrogen-bond acceptors (Lipinski definition) is 4. The van der Waals surface area contributed by atoms with Gasteiger partial charge in [-0.15, -0.1) is 11.3 Å². The predicted octanol–water partition coefficient (Wildman–Crippen LogP) is 1.83. The summed E-state index contributed by atoms with van der Waals surface area (Å²) in [5.41, 5.74) is 0. The van der Waals surface area contributed by atoms with Gasteiger partial charge in [-0.1, -0.05) is 13.0 Å². The number of hydrogen-bond donors (Lipinski definition) is 2. The molecule has 0 radical (unpaired) electrons. The smallest absolute Gasteiger partial charge is 0.307 e. The van der Waals surface area contributed by atoms with Crippen molar-refractivity contribution in [2.45, 2.75) is 32.2 Å². The molecule has 21 heavy (non-hydrogen) atoms. The average molecular weight is 332 g/mol. The molecule has 2 heterocycles. The highest BCUT2D eigenvalue weighted by Crippen LogP contribution is 2.25. The summed E-state index contributed by atoms with van der Waals surface area (Å²) >= 11 is 1.51. The van der Waals surface area contributed by atoms with Crippen LogP contribution in [-0.4, -0.2) is 36.9 Å². The number of thiophene rings is 1. The molecular formula is C13H20N2O4S2. The molecule has 118 valence electrons. The van der Waals surface area contributed by atoms with E-state index in [1.807, 2.05) is 24.4 Å². The van der Waals surface area contributed by atoms with E-state index in [1.54, 1.807) is 0 Å². The zero-order chi connectivity index (χ0) is 15.5. The summed E-state index contributed by atoms with van der Waals surface area (Å²) in [4.78, 5) is 12.0. The standard InChI is InChI=1S/C13H20N2O4S2/c1-2-11(12-6-4-8-20-12)14-21(18,19)15-7-3-5-10(9-15)13(16)17/h4,6,8,10-11,14H,2-3,5,7,9H2,1H3,(H,16,17). The summed E-state index contributed by atoms with van der Waals surface area (Å²) in [5, 5.41) is 11.0. The molecule has 1 aromatic heterocycles. The van der Waals surface area contributed by atoms with Crippen LogP contribution in [0, 0.1) is 5.92 Å². The Morgan fingerprint density at radius 3 is 2.95 bits per heavy atom. The van der Waals surface area contributed by atoms with Gasteiger partial charge >= 0.3 is 5.97 Å². The molecule has 0 saturated carbocycles. The molecule has 2 rings (SSSR count). The lowest BCUT2D eigenvalue weighted by Crippen LogP contribution is -2.48. The summed E-state index contributed by atoms with van der Waals surface area (Å²) < 4.78 is 28.8. The molecule has 2 unspecified atom stereocenters. The van der Waals surface area contributed by atoms with E-state index in [0.29, 0.717) is 25.8 Å². The molecule has 2 N–H and O–H groups in total. The number of carboxylic acid groups (broad SMARTS) is 1. The fourth-order valence-electron chi connectivity index (χ4n) is 2.45. The molecule has 1 fully saturated rings. The molecule has 1 aliphatic heterocycles. The Morgan fingerprint density at radius 1 is 1.62 bits per heavy atom. The van der Waals surface area contributed by atoms with Crippen molar-refractivity contribution >= 4 is 27.5 Å². The van der Waals surface area contributed by atoms with Crippen molar-refractivity contribution in [3.63, 3.8) is 0 Å². The number of aliphatic carboxylic acids is 1. The fraction of sp³-hybridized carbons (Fsp3) is 0.615. The molecule has 1 aliphatic rings. The lowest BCUT2D eigenvalue weighted by molar-refractivity contribution is -0.142. The first-order valence-electron chi connectivity index (χ1n) is 6.97. The largest absolute Gasteiger partial charge is 0.481 e. The van der Waals surface area contributed by atoms with Crippen LogP contribution in [0.3, 0.4) is 0 Å². The number of carbonyl (C=O) groups is 1. The summed E-state index contributed by atoms with van der Waals surface area (Å²) in [7, 11) is -3.66. The van der Waals surface area contributed by atoms with E-state index in [2.05, 4.69) is 4.72 Å². The monoisotopic (exact) mass is 332 g/mol. The minimum Gasteiger partial charge on any atom is -0.481 e. The Labute approximate surface area is 129 Å². The van der Waals surface area contributed by atoms with Crippen LogP contribution in [0.1, 0.15) is 37.1 Å². The number of carboxylic acids is 1. The normalized spacial score (nSPS) is 22.0. The van der Waals surface area contributed by atoms with Gasteiger partial charge in [0.1, 0.15) is 0 Å². The second-order valence-electron chi connectivity index (χ2n) is 5.13. The summed E-state index contributed by atoms with van der Waals surface area (Å²) in [6, 6.07) is 3.52. The molecule has 6 nitrogen and oxygen atoms in total. The van der Waals surface area contributed by atoms with E-state index in [9.17, 15) is 13.2 Å². The molecule has 0 bridgehead atoms. The van der Waals surface area contributed by atoms with E-state index in [4.69, 9.17) is 5.11 Å². The quantitative estimate of drug-likeness (QED) is 0.832. The van der Waals surface area contributed by atoms with Crippen molar-refractivity contribution in [2.24, 2.45) is 5.92 Å². The van der Waals surface area contributed by atoms with Gasteiger partial charge in [-0.25, -0.2) is 0 Å². The van der Waals surface area contributed by atoms with Crippen LogP contribution >= 0.6 is 11.3 Å². The van der Waals surface area contributed by atoms with Crippen molar-refractivity contribution in [1.82, 2.24) is 9.03 Å². The van der Waals surface area contributed by atoms with E-state index in [1.165, 1.54) is 15.6 Å². The Bertz CT molecular complexity index is 571. The zero-order valence-electron chi connectivity index (χ0n) is 11.9. The van der Waals surface area contributed by atoms with Crippen molar-refractivity contribution in [3.05, 3.63) is 22.4 Å². The molecule has 2 atom stereocenters. The third-order valence-electron chi connectivity index (χ3n) is 3.66. The highest BCUT2D eigenvalue weighted by atomic mass is 32.2. The summed E-state index contributed by atoms with van der Waals surface area (Å²) in [5.74, 6) is -1.54. The lowest BCUT2D eigenvalue weighted by atomic mass is 10.0. The molecule has 0 aromatic carbocycles. The van der Waals surface area contributed by atoms with Gasteiger partial charge in [0.15, 0.2) is 0 Å². The minimum atomic E-state index is -3.66. The Hall–Kier alpha value is -0.960. The molecule has 0 amide bonds. The summed E-state index contributed by atoms with van der Waals surface area (Å²) in [6.07, 6.45) is 1.76. The molecule has 0 spiro atoms. The molecule has 1 saturated heterocycles. The van der Waals surface area contributed by atoms with Crippen LogP contribution in [-0.2, 0) is 15.0 Å². The molecule has 1 aromatic rings. The van der Waals surface area contributed by atoms with E-state index >= 15 is 0 Å². The predicted molar refractivity (Wildman–Crippen MR) is 81.3 cm³/mol. The average Bonchev–Trinajstić information content (AvgIpc) is 2.99. The zero-order valence-corrected chi connectivity index (χ0v) is 13.5. The first-order chi connectivity index (χ1) is 9.94. The van der Waals surface area contributed by atoms with Crippen LogP contribution in [0.15, 0.2) is 17.5 Å². The van der Waals surface area contributed by atoms with Gasteiger partial charge < -0.3 is 5.11 Å². The number of piperidine rings is 1. The number of nitrogens with zero attached hydrogens (tertiary/aromatic N) is 1. The van der Waals surface area contributed by atoms with E-state index in [-0.39, 0.29) is 12.6 Å². The van der Waals surface area contributed by atoms with Crippen LogP contribution in [0.25, 0.3) is 0 Å². The minimum absolute atomic E-state index is 0.0472. The molecule has 0 aliphatic carbocycles. The van der Waals surface area contributed by atoms with Crippen LogP contribution < -0.4 is 4.72 Å². The first-order valence-corrected chi connectivity index (χ1v) is 9.29. The maximum absolute atomic E-state index is 12.4. The fourth-order valence-corrected chi connectivity index (χ4v) is 4.93. The van der Waals surface area contributed by atoms with Gasteiger partial charge in [-0.2, -0.15) is 17.4 Å². The third kappa shape index (κ3) is 4.03. The molecular weight excluding hydrogens is 312 g/mol. The van der Waals surface area contributed by atoms with Gasteiger partial charge in [0.2, 0.25) is 0 Å². The topological polar surface area (TPSA) is 86.7 Å². The maximum Gasteiger partial charge on any atom is 0.307 e. The highest BCUT2D eigenvalue weighted by Gasteiger charge is 2.33. The maximum atomic E-state index is 12.4. The Kier molecular flexibility index (Phi) is 5.37. The van der Waals surface area contributed by atoms with Crippen LogP contribution in [0.5, 0.6) is 0 Å². The third-order valence-corrected chi connectivity index (χ3v) is 6.24.